The lowest BCUT2D eigenvalue weighted by molar-refractivity contribution is 0.664. The van der Waals surface area contributed by atoms with E-state index in [1.165, 1.54) is 79.5 Å². The van der Waals surface area contributed by atoms with Crippen molar-refractivity contribution in [2.75, 3.05) is 0 Å². The molecule has 25 heavy (non-hydrogen) atoms. The average molecular weight is 362 g/mol. The van der Waals surface area contributed by atoms with E-state index in [4.69, 9.17) is 4.99 Å². The minimum atomic E-state index is 0.0271. The van der Waals surface area contributed by atoms with Crippen LogP contribution in [0.25, 0.3) is 0 Å². The molecule has 3 nitrogen and oxygen atoms in total. The maximum absolute atomic E-state index is 4.76. The van der Waals surface area contributed by atoms with Gasteiger partial charge < -0.3 is 5.32 Å². The summed E-state index contributed by atoms with van der Waals surface area (Å²) in [4.78, 5) is 12.1. The Morgan fingerprint density at radius 2 is 1.64 bits per heavy atom. The van der Waals surface area contributed by atoms with Crippen LogP contribution in [0.1, 0.15) is 94.4 Å². The van der Waals surface area contributed by atoms with Gasteiger partial charge in [0.25, 0.3) is 0 Å². The van der Waals surface area contributed by atoms with Crippen molar-refractivity contribution in [2.24, 2.45) is 9.98 Å². The Hall–Kier alpha value is -1.16. The molecule has 0 aliphatic carbocycles. The minimum absolute atomic E-state index is 0.0271. The summed E-state index contributed by atoms with van der Waals surface area (Å²) < 4.78 is 0. The van der Waals surface area contributed by atoms with Crippen molar-refractivity contribution in [3.8, 4) is 0 Å². The van der Waals surface area contributed by atoms with E-state index in [1.54, 1.807) is 0 Å². The highest BCUT2D eigenvalue weighted by molar-refractivity contribution is 7.14. The SMILES string of the molecule is CCCCCCc1cc(CCCCCC)c(C2=NC(C)N=C(C)N2)s1. The van der Waals surface area contributed by atoms with Gasteiger partial charge in [-0.1, -0.05) is 52.4 Å². The summed E-state index contributed by atoms with van der Waals surface area (Å²) in [7, 11) is 0. The van der Waals surface area contributed by atoms with Crippen LogP contribution in [-0.4, -0.2) is 17.8 Å². The van der Waals surface area contributed by atoms with E-state index >= 15 is 0 Å². The van der Waals surface area contributed by atoms with Crippen LogP contribution in [0.3, 0.4) is 0 Å². The van der Waals surface area contributed by atoms with Crippen molar-refractivity contribution in [2.45, 2.75) is 98.1 Å². The highest BCUT2D eigenvalue weighted by Crippen LogP contribution is 2.27. The van der Waals surface area contributed by atoms with Gasteiger partial charge in [0.15, 0.2) is 0 Å². The van der Waals surface area contributed by atoms with Gasteiger partial charge >= 0.3 is 0 Å². The van der Waals surface area contributed by atoms with Gasteiger partial charge in [-0.15, -0.1) is 11.3 Å². The summed E-state index contributed by atoms with van der Waals surface area (Å²) in [6.07, 6.45) is 13.0. The molecule has 1 atom stereocenters. The zero-order valence-corrected chi connectivity index (χ0v) is 17.3. The molecule has 0 radical (unpaired) electrons. The maximum atomic E-state index is 4.76. The summed E-state index contributed by atoms with van der Waals surface area (Å²) in [6, 6.07) is 2.45. The molecule has 1 unspecified atom stereocenters. The molecule has 0 spiro atoms. The fraction of sp³-hybridized carbons (Fsp3) is 0.714. The second-order valence-electron chi connectivity index (χ2n) is 7.14. The molecule has 0 bridgehead atoms. The summed E-state index contributed by atoms with van der Waals surface area (Å²) in [5, 5.41) is 3.41. The first-order chi connectivity index (χ1) is 12.1. The molecule has 0 saturated heterocycles. The standard InChI is InChI=1S/C21H35N3S/c1-5-7-9-11-13-18-15-19(14-12-10-8-6-2)25-20(18)21-23-16(3)22-17(4)24-21/h15-16H,5-14H2,1-4H3,(H,22,23,24). The summed E-state index contributed by atoms with van der Waals surface area (Å²) in [5.74, 6) is 2.02. The molecule has 0 saturated carbocycles. The maximum Gasteiger partial charge on any atom is 0.146 e. The number of hydrogen-bond acceptors (Lipinski definition) is 4. The number of aryl methyl sites for hydroxylation is 2. The molecule has 0 aromatic carbocycles. The van der Waals surface area contributed by atoms with Gasteiger partial charge in [-0.05, 0) is 51.2 Å². The number of nitrogens with one attached hydrogen (secondary N) is 1. The van der Waals surface area contributed by atoms with Crippen LogP contribution in [-0.2, 0) is 12.8 Å². The van der Waals surface area contributed by atoms with Gasteiger partial charge in [0.2, 0.25) is 0 Å². The topological polar surface area (TPSA) is 36.8 Å². The Balaban J connectivity index is 2.09. The molecule has 140 valence electrons. The molecular formula is C21H35N3S. The smallest absolute Gasteiger partial charge is 0.146 e. The fourth-order valence-corrected chi connectivity index (χ4v) is 4.51. The van der Waals surface area contributed by atoms with Gasteiger partial charge in [0.05, 0.1) is 4.88 Å². The summed E-state index contributed by atoms with van der Waals surface area (Å²) in [5.41, 5.74) is 1.49. The van der Waals surface area contributed by atoms with E-state index in [-0.39, 0.29) is 6.17 Å². The summed E-state index contributed by atoms with van der Waals surface area (Å²) >= 11 is 1.94. The first-order valence-electron chi connectivity index (χ1n) is 10.1. The number of hydrogen-bond donors (Lipinski definition) is 1. The molecule has 0 fully saturated rings. The van der Waals surface area contributed by atoms with Crippen molar-refractivity contribution < 1.29 is 0 Å². The summed E-state index contributed by atoms with van der Waals surface area (Å²) in [6.45, 7) is 8.64. The van der Waals surface area contributed by atoms with Gasteiger partial charge in [-0.3, -0.25) is 0 Å². The van der Waals surface area contributed by atoms with Crippen LogP contribution in [0.2, 0.25) is 0 Å². The van der Waals surface area contributed by atoms with Crippen LogP contribution in [0, 0.1) is 0 Å². The number of aliphatic imine (C=N–C) groups is 2. The van der Waals surface area contributed by atoms with E-state index in [1.807, 2.05) is 18.3 Å². The quantitative estimate of drug-likeness (QED) is 0.474. The van der Waals surface area contributed by atoms with Crippen LogP contribution < -0.4 is 5.32 Å². The molecule has 2 heterocycles. The molecule has 1 aliphatic heterocycles. The van der Waals surface area contributed by atoms with Gasteiger partial charge in [0.1, 0.15) is 17.8 Å². The van der Waals surface area contributed by atoms with Crippen molar-refractivity contribution in [3.63, 3.8) is 0 Å². The van der Waals surface area contributed by atoms with E-state index in [0.717, 1.165) is 11.7 Å². The van der Waals surface area contributed by atoms with Crippen molar-refractivity contribution >= 4 is 23.0 Å². The van der Waals surface area contributed by atoms with Gasteiger partial charge in [-0.25, -0.2) is 9.98 Å². The van der Waals surface area contributed by atoms with E-state index < -0.39 is 0 Å². The first-order valence-corrected chi connectivity index (χ1v) is 11.0. The lowest BCUT2D eigenvalue weighted by Crippen LogP contribution is -2.34. The van der Waals surface area contributed by atoms with E-state index in [0.29, 0.717) is 0 Å². The van der Waals surface area contributed by atoms with Crippen LogP contribution in [0.5, 0.6) is 0 Å². The molecule has 2 rings (SSSR count). The zero-order valence-electron chi connectivity index (χ0n) is 16.5. The van der Waals surface area contributed by atoms with Crippen LogP contribution >= 0.6 is 11.3 Å². The third-order valence-corrected chi connectivity index (χ3v) is 5.89. The third kappa shape index (κ3) is 6.58. The Bertz CT molecular complexity index is 586. The zero-order chi connectivity index (χ0) is 18.1. The number of rotatable bonds is 11. The Labute approximate surface area is 158 Å². The van der Waals surface area contributed by atoms with Gasteiger partial charge in [-0.2, -0.15) is 0 Å². The average Bonchev–Trinajstić information content (AvgIpc) is 2.98. The Kier molecular flexibility index (Phi) is 8.66. The lowest BCUT2D eigenvalue weighted by Gasteiger charge is -2.17. The molecule has 1 aromatic rings. The largest absolute Gasteiger partial charge is 0.328 e. The monoisotopic (exact) mass is 361 g/mol. The normalized spacial score (nSPS) is 17.2. The van der Waals surface area contributed by atoms with Crippen LogP contribution in [0.15, 0.2) is 16.1 Å². The molecule has 4 heteroatoms. The first kappa shape index (κ1) is 20.2. The van der Waals surface area contributed by atoms with E-state index in [2.05, 4.69) is 37.1 Å². The Morgan fingerprint density at radius 3 is 2.28 bits per heavy atom. The number of unbranched alkanes of at least 4 members (excludes halogenated alkanes) is 6. The predicted molar refractivity (Wildman–Crippen MR) is 112 cm³/mol. The number of amidine groups is 2. The second kappa shape index (κ2) is 10.7. The predicted octanol–water partition coefficient (Wildman–Crippen LogP) is 6.11. The minimum Gasteiger partial charge on any atom is -0.328 e. The van der Waals surface area contributed by atoms with Crippen molar-refractivity contribution in [1.82, 2.24) is 5.32 Å². The number of thiophene rings is 1. The highest BCUT2D eigenvalue weighted by atomic mass is 32.1. The van der Waals surface area contributed by atoms with Crippen LogP contribution in [0.4, 0.5) is 0 Å². The van der Waals surface area contributed by atoms with E-state index in [9.17, 15) is 0 Å². The molecule has 0 amide bonds. The number of nitrogens with zero attached hydrogens (tertiary/aromatic N) is 2. The fourth-order valence-electron chi connectivity index (χ4n) is 3.31. The highest BCUT2D eigenvalue weighted by Gasteiger charge is 2.18. The lowest BCUT2D eigenvalue weighted by atomic mass is 10.0. The molecule has 1 N–H and O–H groups in total. The Morgan fingerprint density at radius 1 is 0.960 bits per heavy atom. The molecular weight excluding hydrogens is 326 g/mol. The van der Waals surface area contributed by atoms with Gasteiger partial charge in [0, 0.05) is 4.88 Å². The second-order valence-corrected chi connectivity index (χ2v) is 8.27. The van der Waals surface area contributed by atoms with Crippen molar-refractivity contribution in [3.05, 3.63) is 21.4 Å². The third-order valence-electron chi connectivity index (χ3n) is 4.65. The molecule has 1 aromatic heterocycles. The molecule has 1 aliphatic rings. The van der Waals surface area contributed by atoms with Crippen molar-refractivity contribution in [1.29, 1.82) is 0 Å².